The highest BCUT2D eigenvalue weighted by Gasteiger charge is 2.17. The van der Waals surface area contributed by atoms with E-state index in [-0.39, 0.29) is 11.3 Å². The Morgan fingerprint density at radius 1 is 1.33 bits per heavy atom. The highest BCUT2D eigenvalue weighted by molar-refractivity contribution is 7.99. The van der Waals surface area contributed by atoms with E-state index >= 15 is 0 Å². The summed E-state index contributed by atoms with van der Waals surface area (Å²) >= 11 is 1.43. The minimum absolute atomic E-state index is 0.166. The number of aromatic nitrogens is 2. The quantitative estimate of drug-likeness (QED) is 0.627. The van der Waals surface area contributed by atoms with Crippen LogP contribution in [0.1, 0.15) is 23.8 Å². The van der Waals surface area contributed by atoms with Crippen LogP contribution in [0.25, 0.3) is 5.69 Å². The van der Waals surface area contributed by atoms with E-state index in [4.69, 9.17) is 4.74 Å². The van der Waals surface area contributed by atoms with E-state index in [1.54, 1.807) is 24.3 Å². The van der Waals surface area contributed by atoms with Crippen molar-refractivity contribution in [1.82, 2.24) is 9.78 Å². The molecule has 0 amide bonds. The van der Waals surface area contributed by atoms with Crippen LogP contribution < -0.4 is 5.56 Å². The van der Waals surface area contributed by atoms with Gasteiger partial charge in [0, 0.05) is 11.0 Å². The summed E-state index contributed by atoms with van der Waals surface area (Å²) in [6.07, 6.45) is 0.938. The van der Waals surface area contributed by atoms with E-state index in [2.05, 4.69) is 5.10 Å². The molecule has 1 aromatic carbocycles. The number of hydrogen-bond donors (Lipinski definition) is 0. The second-order valence-corrected chi connectivity index (χ2v) is 5.42. The molecule has 6 heteroatoms. The van der Waals surface area contributed by atoms with Crippen molar-refractivity contribution in [2.24, 2.45) is 0 Å². The van der Waals surface area contributed by atoms with Gasteiger partial charge in [-0.2, -0.15) is 9.78 Å². The molecule has 0 saturated heterocycles. The SMILES string of the molecule is CCCSc1cc(=O)n(-c2ccccc2)nc1C(=O)OC. The van der Waals surface area contributed by atoms with Crippen molar-refractivity contribution in [3.05, 3.63) is 52.4 Å². The van der Waals surface area contributed by atoms with Gasteiger partial charge in [-0.3, -0.25) is 4.79 Å². The molecule has 1 heterocycles. The zero-order chi connectivity index (χ0) is 15.2. The van der Waals surface area contributed by atoms with Crippen LogP contribution in [0.5, 0.6) is 0 Å². The molecule has 0 spiro atoms. The summed E-state index contributed by atoms with van der Waals surface area (Å²) in [7, 11) is 1.30. The fraction of sp³-hybridized carbons (Fsp3) is 0.267. The van der Waals surface area contributed by atoms with Crippen molar-refractivity contribution < 1.29 is 9.53 Å². The molecule has 0 atom stereocenters. The van der Waals surface area contributed by atoms with E-state index in [0.717, 1.165) is 12.2 Å². The molecule has 0 bridgehead atoms. The number of nitrogens with zero attached hydrogens (tertiary/aromatic N) is 2. The van der Waals surface area contributed by atoms with Crippen LogP contribution >= 0.6 is 11.8 Å². The minimum Gasteiger partial charge on any atom is -0.464 e. The fourth-order valence-corrected chi connectivity index (χ4v) is 2.62. The third-order valence-corrected chi connectivity index (χ3v) is 3.97. The Morgan fingerprint density at radius 3 is 2.67 bits per heavy atom. The maximum Gasteiger partial charge on any atom is 0.359 e. The molecule has 110 valence electrons. The molecule has 0 fully saturated rings. The lowest BCUT2D eigenvalue weighted by molar-refractivity contribution is 0.0587. The third-order valence-electron chi connectivity index (χ3n) is 2.74. The molecule has 2 aromatic rings. The van der Waals surface area contributed by atoms with E-state index in [9.17, 15) is 9.59 Å². The second-order valence-electron chi connectivity index (χ2n) is 4.28. The van der Waals surface area contributed by atoms with Crippen LogP contribution in [-0.2, 0) is 4.74 Å². The Labute approximate surface area is 126 Å². The summed E-state index contributed by atoms with van der Waals surface area (Å²) in [6.45, 7) is 2.03. The number of carbonyl (C=O) groups excluding carboxylic acids is 1. The molecule has 1 aromatic heterocycles. The maximum absolute atomic E-state index is 12.2. The van der Waals surface area contributed by atoms with E-state index in [1.807, 2.05) is 13.0 Å². The van der Waals surface area contributed by atoms with Gasteiger partial charge in [-0.1, -0.05) is 25.1 Å². The molecule has 0 N–H and O–H groups in total. The van der Waals surface area contributed by atoms with Gasteiger partial charge in [-0.05, 0) is 24.3 Å². The molecule has 0 aliphatic heterocycles. The molecule has 0 radical (unpaired) electrons. The first-order chi connectivity index (χ1) is 10.2. The first kappa shape index (κ1) is 15.3. The van der Waals surface area contributed by atoms with Crippen molar-refractivity contribution in [3.63, 3.8) is 0 Å². The summed E-state index contributed by atoms with van der Waals surface area (Å²) in [4.78, 5) is 24.6. The van der Waals surface area contributed by atoms with Crippen molar-refractivity contribution in [3.8, 4) is 5.69 Å². The lowest BCUT2D eigenvalue weighted by Gasteiger charge is -2.10. The Bertz CT molecular complexity index is 683. The normalized spacial score (nSPS) is 10.4. The lowest BCUT2D eigenvalue weighted by Crippen LogP contribution is -2.24. The van der Waals surface area contributed by atoms with Gasteiger partial charge in [0.2, 0.25) is 0 Å². The van der Waals surface area contributed by atoms with Crippen LogP contribution in [0.3, 0.4) is 0 Å². The number of esters is 1. The van der Waals surface area contributed by atoms with Gasteiger partial charge < -0.3 is 4.74 Å². The van der Waals surface area contributed by atoms with Crippen LogP contribution in [0.4, 0.5) is 0 Å². The molecular formula is C15H16N2O3S. The van der Waals surface area contributed by atoms with Crippen molar-refractivity contribution >= 4 is 17.7 Å². The van der Waals surface area contributed by atoms with Gasteiger partial charge in [-0.15, -0.1) is 11.8 Å². The van der Waals surface area contributed by atoms with Crippen molar-refractivity contribution in [2.75, 3.05) is 12.9 Å². The average Bonchev–Trinajstić information content (AvgIpc) is 2.53. The summed E-state index contributed by atoms with van der Waals surface area (Å²) in [5.41, 5.74) is 0.506. The minimum atomic E-state index is -0.543. The van der Waals surface area contributed by atoms with Gasteiger partial charge in [0.25, 0.3) is 5.56 Å². The monoisotopic (exact) mass is 304 g/mol. The number of benzene rings is 1. The van der Waals surface area contributed by atoms with Crippen LogP contribution in [0, 0.1) is 0 Å². The number of carbonyl (C=O) groups is 1. The number of methoxy groups -OCH3 is 1. The molecule has 0 aliphatic rings. The molecular weight excluding hydrogens is 288 g/mol. The Balaban J connectivity index is 2.54. The highest BCUT2D eigenvalue weighted by Crippen LogP contribution is 2.21. The van der Waals surface area contributed by atoms with E-state index in [1.165, 1.54) is 29.6 Å². The summed E-state index contributed by atoms with van der Waals surface area (Å²) < 4.78 is 5.97. The number of thioether (sulfide) groups is 1. The number of hydrogen-bond acceptors (Lipinski definition) is 5. The van der Waals surface area contributed by atoms with Gasteiger partial charge in [0.1, 0.15) is 0 Å². The molecule has 0 saturated carbocycles. The number of rotatable bonds is 5. The molecule has 21 heavy (non-hydrogen) atoms. The van der Waals surface area contributed by atoms with Crippen molar-refractivity contribution in [2.45, 2.75) is 18.2 Å². The van der Waals surface area contributed by atoms with Crippen LogP contribution in [-0.4, -0.2) is 28.6 Å². The Morgan fingerprint density at radius 2 is 2.05 bits per heavy atom. The predicted octanol–water partition coefficient (Wildman–Crippen LogP) is 2.52. The predicted molar refractivity (Wildman–Crippen MR) is 82.2 cm³/mol. The molecule has 0 aliphatic carbocycles. The zero-order valence-corrected chi connectivity index (χ0v) is 12.7. The molecule has 0 unspecified atom stereocenters. The Hall–Kier alpha value is -2.08. The fourth-order valence-electron chi connectivity index (χ4n) is 1.75. The first-order valence-corrected chi connectivity index (χ1v) is 7.56. The second kappa shape index (κ2) is 7.08. The summed E-state index contributed by atoms with van der Waals surface area (Å²) in [5.74, 6) is 0.263. The molecule has 5 nitrogen and oxygen atoms in total. The standard InChI is InChI=1S/C15H16N2O3S/c1-3-9-21-12-10-13(18)17(11-7-5-4-6-8-11)16-14(12)15(19)20-2/h4-8,10H,3,9H2,1-2H3. The maximum atomic E-state index is 12.2. The lowest BCUT2D eigenvalue weighted by atomic mass is 10.3. The van der Waals surface area contributed by atoms with Crippen LogP contribution in [0.15, 0.2) is 46.1 Å². The topological polar surface area (TPSA) is 61.2 Å². The zero-order valence-electron chi connectivity index (χ0n) is 11.9. The largest absolute Gasteiger partial charge is 0.464 e. The van der Waals surface area contributed by atoms with Gasteiger partial charge in [-0.25, -0.2) is 4.79 Å². The smallest absolute Gasteiger partial charge is 0.359 e. The summed E-state index contributed by atoms with van der Waals surface area (Å²) in [6, 6.07) is 10.4. The summed E-state index contributed by atoms with van der Waals surface area (Å²) in [5, 5.41) is 4.17. The van der Waals surface area contributed by atoms with Gasteiger partial charge in [0.15, 0.2) is 5.69 Å². The number of ether oxygens (including phenoxy) is 1. The van der Waals surface area contributed by atoms with Gasteiger partial charge in [0.05, 0.1) is 12.8 Å². The third kappa shape index (κ3) is 3.52. The van der Waals surface area contributed by atoms with E-state index < -0.39 is 5.97 Å². The highest BCUT2D eigenvalue weighted by atomic mass is 32.2. The van der Waals surface area contributed by atoms with E-state index in [0.29, 0.717) is 10.6 Å². The average molecular weight is 304 g/mol. The van der Waals surface area contributed by atoms with Crippen LogP contribution in [0.2, 0.25) is 0 Å². The van der Waals surface area contributed by atoms with Gasteiger partial charge >= 0.3 is 5.97 Å². The first-order valence-electron chi connectivity index (χ1n) is 6.58. The van der Waals surface area contributed by atoms with Crippen molar-refractivity contribution in [1.29, 1.82) is 0 Å². The Kier molecular flexibility index (Phi) is 5.16. The number of para-hydroxylation sites is 1. The molecule has 2 rings (SSSR count).